The number of aromatic nitrogens is 3. The van der Waals surface area contributed by atoms with E-state index in [1.165, 1.54) is 0 Å². The van der Waals surface area contributed by atoms with Crippen molar-refractivity contribution in [1.29, 1.82) is 0 Å². The summed E-state index contributed by atoms with van der Waals surface area (Å²) in [5.41, 5.74) is 0.843. The third kappa shape index (κ3) is 2.56. The van der Waals surface area contributed by atoms with Crippen LogP contribution in [0.3, 0.4) is 0 Å². The minimum Gasteiger partial charge on any atom is -0.345 e. The van der Waals surface area contributed by atoms with Crippen LogP contribution in [0.2, 0.25) is 0 Å². The molecule has 0 aliphatic heterocycles. The van der Waals surface area contributed by atoms with Crippen molar-refractivity contribution in [1.82, 2.24) is 19.9 Å². The summed E-state index contributed by atoms with van der Waals surface area (Å²) in [4.78, 5) is 16.4. The zero-order valence-electron chi connectivity index (χ0n) is 11.1. The van der Waals surface area contributed by atoms with Crippen LogP contribution in [-0.2, 0) is 0 Å². The van der Waals surface area contributed by atoms with Gasteiger partial charge >= 0.3 is 0 Å². The average Bonchev–Trinajstić information content (AvgIpc) is 2.89. The molecule has 0 bridgehead atoms. The minimum absolute atomic E-state index is 0.160. The van der Waals surface area contributed by atoms with Crippen molar-refractivity contribution in [3.63, 3.8) is 0 Å². The molecule has 0 fully saturated rings. The van der Waals surface area contributed by atoms with Crippen molar-refractivity contribution >= 4 is 23.0 Å². The highest BCUT2D eigenvalue weighted by atomic mass is 35.5. The third-order valence-corrected chi connectivity index (χ3v) is 4.07. The Kier molecular flexibility index (Phi) is 4.04. The fraction of sp³-hybridized carbons (Fsp3) is 0.462. The van der Waals surface area contributed by atoms with Gasteiger partial charge in [-0.25, -0.2) is 4.52 Å². The van der Waals surface area contributed by atoms with Gasteiger partial charge in [0.05, 0.1) is 29.0 Å². The highest BCUT2D eigenvalue weighted by molar-refractivity contribution is 6.19. The molecule has 2 rings (SSSR count). The Balaban J connectivity index is 2.29. The second-order valence-corrected chi connectivity index (χ2v) is 4.81. The van der Waals surface area contributed by atoms with Gasteiger partial charge in [0.2, 0.25) is 0 Å². The molecule has 0 aliphatic carbocycles. The SMILES string of the molecule is CCC(CC)(CCl)NC(=O)c1cnn2ccncc12. The van der Waals surface area contributed by atoms with E-state index in [0.29, 0.717) is 17.0 Å². The molecule has 2 aromatic heterocycles. The summed E-state index contributed by atoms with van der Waals surface area (Å²) >= 11 is 6.00. The quantitative estimate of drug-likeness (QED) is 0.855. The molecule has 0 atom stereocenters. The number of carbonyl (C=O) groups excluding carboxylic acids is 1. The molecule has 0 aliphatic rings. The van der Waals surface area contributed by atoms with Crippen LogP contribution in [0, 0.1) is 0 Å². The number of hydrogen-bond acceptors (Lipinski definition) is 3. The van der Waals surface area contributed by atoms with Crippen LogP contribution in [0.15, 0.2) is 24.8 Å². The molecule has 0 saturated carbocycles. The Morgan fingerprint density at radius 1 is 1.42 bits per heavy atom. The van der Waals surface area contributed by atoms with Gasteiger partial charge in [0, 0.05) is 18.3 Å². The van der Waals surface area contributed by atoms with Crippen molar-refractivity contribution in [3.05, 3.63) is 30.4 Å². The van der Waals surface area contributed by atoms with E-state index in [1.54, 1.807) is 29.3 Å². The van der Waals surface area contributed by atoms with Crippen LogP contribution in [0.25, 0.3) is 5.52 Å². The number of amides is 1. The number of hydrogen-bond donors (Lipinski definition) is 1. The molecule has 0 saturated heterocycles. The van der Waals surface area contributed by atoms with Crippen molar-refractivity contribution in [2.75, 3.05) is 5.88 Å². The van der Waals surface area contributed by atoms with Crippen LogP contribution >= 0.6 is 11.6 Å². The Bertz CT molecular complexity index is 569. The number of carbonyl (C=O) groups is 1. The number of alkyl halides is 1. The maximum absolute atomic E-state index is 12.4. The van der Waals surface area contributed by atoms with Gasteiger partial charge in [-0.3, -0.25) is 9.78 Å². The molecule has 0 unspecified atom stereocenters. The molecular formula is C13H17ClN4O. The summed E-state index contributed by atoms with van der Waals surface area (Å²) in [5.74, 6) is 0.232. The van der Waals surface area contributed by atoms with Crippen molar-refractivity contribution in [2.24, 2.45) is 0 Å². The summed E-state index contributed by atoms with van der Waals surface area (Å²) in [6, 6.07) is 0. The van der Waals surface area contributed by atoms with E-state index in [9.17, 15) is 4.79 Å². The van der Waals surface area contributed by atoms with Gasteiger partial charge in [-0.05, 0) is 12.8 Å². The lowest BCUT2D eigenvalue weighted by Gasteiger charge is -2.30. The van der Waals surface area contributed by atoms with E-state index in [2.05, 4.69) is 15.4 Å². The third-order valence-electron chi connectivity index (χ3n) is 3.56. The first-order valence-corrected chi connectivity index (χ1v) is 6.85. The first-order chi connectivity index (χ1) is 9.15. The lowest BCUT2D eigenvalue weighted by Crippen LogP contribution is -2.49. The first-order valence-electron chi connectivity index (χ1n) is 6.31. The Hall–Kier alpha value is -1.62. The number of rotatable bonds is 5. The molecule has 0 aromatic carbocycles. The average molecular weight is 281 g/mol. The highest BCUT2D eigenvalue weighted by Crippen LogP contribution is 2.19. The zero-order valence-corrected chi connectivity index (χ0v) is 11.8. The van der Waals surface area contributed by atoms with Gasteiger partial charge in [0.25, 0.3) is 5.91 Å². The summed E-state index contributed by atoms with van der Waals surface area (Å²) in [6.45, 7) is 4.04. The van der Waals surface area contributed by atoms with E-state index in [1.807, 2.05) is 13.8 Å². The normalized spacial score (nSPS) is 11.7. The zero-order chi connectivity index (χ0) is 13.9. The van der Waals surface area contributed by atoms with Gasteiger partial charge in [-0.15, -0.1) is 11.6 Å². The van der Waals surface area contributed by atoms with Gasteiger partial charge in [-0.2, -0.15) is 5.10 Å². The molecule has 19 heavy (non-hydrogen) atoms. The van der Waals surface area contributed by atoms with Gasteiger partial charge < -0.3 is 5.32 Å². The molecule has 2 aromatic rings. The molecule has 1 N–H and O–H groups in total. The largest absolute Gasteiger partial charge is 0.345 e. The fourth-order valence-electron chi connectivity index (χ4n) is 1.97. The van der Waals surface area contributed by atoms with E-state index in [-0.39, 0.29) is 11.4 Å². The van der Waals surface area contributed by atoms with Crippen LogP contribution in [0.4, 0.5) is 0 Å². The van der Waals surface area contributed by atoms with E-state index < -0.39 is 0 Å². The second-order valence-electron chi connectivity index (χ2n) is 4.54. The summed E-state index contributed by atoms with van der Waals surface area (Å²) in [6.07, 6.45) is 8.09. The highest BCUT2D eigenvalue weighted by Gasteiger charge is 2.28. The van der Waals surface area contributed by atoms with Crippen molar-refractivity contribution in [2.45, 2.75) is 32.2 Å². The molecule has 2 heterocycles. The van der Waals surface area contributed by atoms with Gasteiger partial charge in [0.15, 0.2) is 0 Å². The predicted molar refractivity (Wildman–Crippen MR) is 74.5 cm³/mol. The van der Waals surface area contributed by atoms with Crippen LogP contribution in [-0.4, -0.2) is 31.9 Å². The maximum Gasteiger partial charge on any atom is 0.255 e. The number of fused-ring (bicyclic) bond motifs is 1. The first kappa shape index (κ1) is 13.8. The molecule has 1 amide bonds. The molecule has 6 heteroatoms. The number of nitrogens with zero attached hydrogens (tertiary/aromatic N) is 3. The molecule has 0 spiro atoms. The smallest absolute Gasteiger partial charge is 0.255 e. The Morgan fingerprint density at radius 3 is 2.79 bits per heavy atom. The standard InChI is InChI=1S/C13H17ClN4O/c1-3-13(4-2,9-14)17-12(19)10-7-16-18-6-5-15-8-11(10)18/h5-8H,3-4,9H2,1-2H3,(H,17,19). The van der Waals surface area contributed by atoms with E-state index in [0.717, 1.165) is 12.8 Å². The molecule has 5 nitrogen and oxygen atoms in total. The van der Waals surface area contributed by atoms with Crippen LogP contribution < -0.4 is 5.32 Å². The molecular weight excluding hydrogens is 264 g/mol. The van der Waals surface area contributed by atoms with Crippen LogP contribution in [0.1, 0.15) is 37.0 Å². The Morgan fingerprint density at radius 2 is 2.16 bits per heavy atom. The fourth-order valence-corrected chi connectivity index (χ4v) is 2.41. The van der Waals surface area contributed by atoms with Crippen LogP contribution in [0.5, 0.6) is 0 Å². The maximum atomic E-state index is 12.4. The topological polar surface area (TPSA) is 59.3 Å². The van der Waals surface area contributed by atoms with Crippen molar-refractivity contribution in [3.8, 4) is 0 Å². The number of halogens is 1. The predicted octanol–water partition coefficient (Wildman–Crippen LogP) is 2.26. The number of nitrogens with one attached hydrogen (secondary N) is 1. The van der Waals surface area contributed by atoms with E-state index >= 15 is 0 Å². The Labute approximate surface area is 117 Å². The van der Waals surface area contributed by atoms with Gasteiger partial charge in [-0.1, -0.05) is 13.8 Å². The molecule has 0 radical (unpaired) electrons. The van der Waals surface area contributed by atoms with Crippen molar-refractivity contribution < 1.29 is 4.79 Å². The minimum atomic E-state index is -0.366. The summed E-state index contributed by atoms with van der Waals surface area (Å²) < 4.78 is 1.63. The molecule has 102 valence electrons. The summed E-state index contributed by atoms with van der Waals surface area (Å²) in [7, 11) is 0. The summed E-state index contributed by atoms with van der Waals surface area (Å²) in [5, 5.41) is 7.15. The van der Waals surface area contributed by atoms with Gasteiger partial charge in [0.1, 0.15) is 0 Å². The lowest BCUT2D eigenvalue weighted by atomic mass is 9.95. The van der Waals surface area contributed by atoms with E-state index in [4.69, 9.17) is 11.6 Å². The monoisotopic (exact) mass is 280 g/mol. The lowest BCUT2D eigenvalue weighted by molar-refractivity contribution is 0.0904. The second kappa shape index (κ2) is 5.57.